The van der Waals surface area contributed by atoms with Crippen LogP contribution in [-0.2, 0) is 15.0 Å². The first-order valence-corrected chi connectivity index (χ1v) is 10.4. The number of nitrogens with one attached hydrogen (secondary N) is 1. The van der Waals surface area contributed by atoms with Crippen molar-refractivity contribution < 1.29 is 14.3 Å². The second kappa shape index (κ2) is 9.44. The third kappa shape index (κ3) is 5.98. The van der Waals surface area contributed by atoms with E-state index in [9.17, 15) is 9.59 Å². The van der Waals surface area contributed by atoms with Gasteiger partial charge in [0, 0.05) is 25.0 Å². The van der Waals surface area contributed by atoms with Gasteiger partial charge in [0.25, 0.3) is 5.91 Å². The van der Waals surface area contributed by atoms with E-state index in [1.165, 1.54) is 0 Å². The number of benzene rings is 1. The molecule has 1 aliphatic rings. The predicted octanol–water partition coefficient (Wildman–Crippen LogP) is 3.76. The Morgan fingerprint density at radius 1 is 1.14 bits per heavy atom. The third-order valence-corrected chi connectivity index (χ3v) is 5.63. The number of rotatable bonds is 6. The summed E-state index contributed by atoms with van der Waals surface area (Å²) in [5.41, 5.74) is 1.05. The van der Waals surface area contributed by atoms with Crippen LogP contribution in [0.2, 0.25) is 0 Å². The van der Waals surface area contributed by atoms with Crippen LogP contribution in [0.25, 0.3) is 0 Å². The summed E-state index contributed by atoms with van der Waals surface area (Å²) < 4.78 is 5.86. The van der Waals surface area contributed by atoms with Gasteiger partial charge in [-0.3, -0.25) is 9.59 Å². The van der Waals surface area contributed by atoms with Gasteiger partial charge in [0.1, 0.15) is 5.75 Å². The molecule has 1 aromatic carbocycles. The monoisotopic (exact) mass is 388 g/mol. The van der Waals surface area contributed by atoms with Crippen molar-refractivity contribution in [2.75, 3.05) is 19.7 Å². The number of amides is 2. The molecule has 156 valence electrons. The standard InChI is InChI=1S/C23H36N2O3/c1-16(2)17(3)24-22(27)18-11-13-25(14-12-18)21(26)15-28-20-10-8-7-9-19(20)23(4,5)6/h7-10,16-18H,11-15H2,1-6H3,(H,24,27). The van der Waals surface area contributed by atoms with Crippen molar-refractivity contribution in [1.29, 1.82) is 0 Å². The lowest BCUT2D eigenvalue weighted by atomic mass is 9.86. The normalized spacial score (nSPS) is 16.8. The molecule has 2 rings (SSSR count). The van der Waals surface area contributed by atoms with Crippen LogP contribution in [0.15, 0.2) is 24.3 Å². The van der Waals surface area contributed by atoms with E-state index >= 15 is 0 Å². The van der Waals surface area contributed by atoms with E-state index < -0.39 is 0 Å². The molecule has 5 heteroatoms. The largest absolute Gasteiger partial charge is 0.483 e. The molecular formula is C23H36N2O3. The molecule has 0 bridgehead atoms. The number of para-hydroxylation sites is 1. The molecular weight excluding hydrogens is 352 g/mol. The molecule has 0 spiro atoms. The molecule has 1 saturated heterocycles. The average molecular weight is 389 g/mol. The van der Waals surface area contributed by atoms with Crippen LogP contribution in [0.5, 0.6) is 5.75 Å². The second-order valence-electron chi connectivity index (χ2n) is 9.23. The van der Waals surface area contributed by atoms with Crippen LogP contribution in [-0.4, -0.2) is 42.5 Å². The van der Waals surface area contributed by atoms with E-state index in [2.05, 4.69) is 39.9 Å². The van der Waals surface area contributed by atoms with Gasteiger partial charge in [0.2, 0.25) is 5.91 Å². The minimum Gasteiger partial charge on any atom is -0.483 e. The van der Waals surface area contributed by atoms with Crippen LogP contribution in [0.4, 0.5) is 0 Å². The van der Waals surface area contributed by atoms with Gasteiger partial charge >= 0.3 is 0 Å². The van der Waals surface area contributed by atoms with Crippen molar-refractivity contribution in [2.24, 2.45) is 11.8 Å². The highest BCUT2D eigenvalue weighted by Gasteiger charge is 2.28. The lowest BCUT2D eigenvalue weighted by Crippen LogP contribution is -2.46. The first-order valence-electron chi connectivity index (χ1n) is 10.4. The van der Waals surface area contributed by atoms with E-state index in [-0.39, 0.29) is 35.8 Å². The summed E-state index contributed by atoms with van der Waals surface area (Å²) in [4.78, 5) is 26.8. The highest BCUT2D eigenvalue weighted by Crippen LogP contribution is 2.31. The summed E-state index contributed by atoms with van der Waals surface area (Å²) in [5.74, 6) is 1.27. The van der Waals surface area contributed by atoms with Crippen molar-refractivity contribution in [3.8, 4) is 5.75 Å². The van der Waals surface area contributed by atoms with Gasteiger partial charge in [-0.05, 0) is 42.7 Å². The van der Waals surface area contributed by atoms with E-state index in [1.54, 1.807) is 0 Å². The van der Waals surface area contributed by atoms with Gasteiger partial charge in [-0.1, -0.05) is 52.8 Å². The van der Waals surface area contributed by atoms with Gasteiger partial charge < -0.3 is 15.0 Å². The van der Waals surface area contributed by atoms with Gasteiger partial charge in [0.15, 0.2) is 6.61 Å². The molecule has 0 radical (unpaired) electrons. The molecule has 28 heavy (non-hydrogen) atoms. The van der Waals surface area contributed by atoms with Crippen molar-refractivity contribution in [3.05, 3.63) is 29.8 Å². The van der Waals surface area contributed by atoms with Crippen LogP contribution < -0.4 is 10.1 Å². The molecule has 1 unspecified atom stereocenters. The summed E-state index contributed by atoms with van der Waals surface area (Å²) in [7, 11) is 0. The quantitative estimate of drug-likeness (QED) is 0.807. The lowest BCUT2D eigenvalue weighted by Gasteiger charge is -2.32. The lowest BCUT2D eigenvalue weighted by molar-refractivity contribution is -0.137. The Balaban J connectivity index is 1.84. The van der Waals surface area contributed by atoms with Crippen molar-refractivity contribution in [3.63, 3.8) is 0 Å². The number of nitrogens with zero attached hydrogens (tertiary/aromatic N) is 1. The van der Waals surface area contributed by atoms with E-state index in [0.29, 0.717) is 31.8 Å². The first-order chi connectivity index (χ1) is 13.1. The summed E-state index contributed by atoms with van der Waals surface area (Å²) in [5, 5.41) is 3.09. The zero-order valence-corrected chi connectivity index (χ0v) is 18.2. The smallest absolute Gasteiger partial charge is 0.260 e. The highest BCUT2D eigenvalue weighted by atomic mass is 16.5. The summed E-state index contributed by atoms with van der Waals surface area (Å²) in [6, 6.07) is 8.05. The zero-order chi connectivity index (χ0) is 20.9. The van der Waals surface area contributed by atoms with Crippen molar-refractivity contribution >= 4 is 11.8 Å². The minimum absolute atomic E-state index is 0.00668. The maximum atomic E-state index is 12.6. The Labute approximate surface area is 169 Å². The fourth-order valence-corrected chi connectivity index (χ4v) is 3.34. The van der Waals surface area contributed by atoms with Crippen LogP contribution in [0.1, 0.15) is 59.9 Å². The molecule has 5 nitrogen and oxygen atoms in total. The first kappa shape index (κ1) is 22.3. The van der Waals surface area contributed by atoms with Gasteiger partial charge in [-0.2, -0.15) is 0 Å². The Morgan fingerprint density at radius 3 is 2.32 bits per heavy atom. The zero-order valence-electron chi connectivity index (χ0n) is 18.2. The Morgan fingerprint density at radius 2 is 1.75 bits per heavy atom. The van der Waals surface area contributed by atoms with Gasteiger partial charge in [-0.15, -0.1) is 0 Å². The number of piperidine rings is 1. The fourth-order valence-electron chi connectivity index (χ4n) is 3.34. The molecule has 1 aromatic rings. The topological polar surface area (TPSA) is 58.6 Å². The predicted molar refractivity (Wildman–Crippen MR) is 112 cm³/mol. The number of ether oxygens (including phenoxy) is 1. The molecule has 0 aromatic heterocycles. The minimum atomic E-state index is -0.0432. The number of hydrogen-bond acceptors (Lipinski definition) is 3. The molecule has 1 atom stereocenters. The number of carbonyl (C=O) groups is 2. The number of likely N-dealkylation sites (tertiary alicyclic amines) is 1. The average Bonchev–Trinajstić information content (AvgIpc) is 2.65. The van der Waals surface area contributed by atoms with Crippen LogP contribution in [0, 0.1) is 11.8 Å². The maximum absolute atomic E-state index is 12.6. The number of carbonyl (C=O) groups excluding carboxylic acids is 2. The molecule has 1 fully saturated rings. The summed E-state index contributed by atoms with van der Waals surface area (Å²) in [6.45, 7) is 13.9. The third-order valence-electron chi connectivity index (χ3n) is 5.63. The van der Waals surface area contributed by atoms with Crippen LogP contribution >= 0.6 is 0 Å². The van der Waals surface area contributed by atoms with Crippen LogP contribution in [0.3, 0.4) is 0 Å². The Hall–Kier alpha value is -2.04. The molecule has 0 saturated carbocycles. The Bertz CT molecular complexity index is 671. The van der Waals surface area contributed by atoms with Gasteiger partial charge in [-0.25, -0.2) is 0 Å². The van der Waals surface area contributed by atoms with E-state index in [1.807, 2.05) is 36.1 Å². The van der Waals surface area contributed by atoms with Crippen molar-refractivity contribution in [1.82, 2.24) is 10.2 Å². The highest BCUT2D eigenvalue weighted by molar-refractivity contribution is 5.80. The van der Waals surface area contributed by atoms with E-state index in [0.717, 1.165) is 11.3 Å². The fraction of sp³-hybridized carbons (Fsp3) is 0.652. The van der Waals surface area contributed by atoms with E-state index in [4.69, 9.17) is 4.74 Å². The number of hydrogen-bond donors (Lipinski definition) is 1. The SMILES string of the molecule is CC(C)C(C)NC(=O)C1CCN(C(=O)COc2ccccc2C(C)(C)C)CC1. The molecule has 2 amide bonds. The summed E-state index contributed by atoms with van der Waals surface area (Å²) >= 11 is 0. The van der Waals surface area contributed by atoms with Gasteiger partial charge in [0.05, 0.1) is 0 Å². The second-order valence-corrected chi connectivity index (χ2v) is 9.23. The molecule has 0 aliphatic carbocycles. The molecule has 1 heterocycles. The summed E-state index contributed by atoms with van der Waals surface area (Å²) in [6.07, 6.45) is 1.42. The molecule has 1 N–H and O–H groups in total. The van der Waals surface area contributed by atoms with Crippen molar-refractivity contribution in [2.45, 2.75) is 65.8 Å². The maximum Gasteiger partial charge on any atom is 0.260 e. The molecule has 1 aliphatic heterocycles. The Kier molecular flexibility index (Phi) is 7.50.